The topological polar surface area (TPSA) is 43.8 Å². The molecule has 1 amide bonds. The molecule has 4 nitrogen and oxygen atoms in total. The van der Waals surface area contributed by atoms with E-state index in [-0.39, 0.29) is 12.5 Å². The van der Waals surface area contributed by atoms with Gasteiger partial charge in [0.2, 0.25) is 5.91 Å². The number of aryl methyl sites for hydroxylation is 1. The van der Waals surface area contributed by atoms with Crippen LogP contribution in [0.2, 0.25) is 0 Å². The molecule has 0 aliphatic carbocycles. The first-order valence-corrected chi connectivity index (χ1v) is 5.97. The van der Waals surface area contributed by atoms with Crippen LogP contribution in [0.5, 0.6) is 0 Å². The predicted octanol–water partition coefficient (Wildman–Crippen LogP) is 1.33. The largest absolute Gasteiger partial charge is 0.396 e. The highest BCUT2D eigenvalue weighted by Gasteiger charge is 2.28. The number of benzene rings is 1. The van der Waals surface area contributed by atoms with Crippen molar-refractivity contribution in [3.05, 3.63) is 29.8 Å². The van der Waals surface area contributed by atoms with E-state index in [9.17, 15) is 4.79 Å². The molecule has 0 radical (unpaired) electrons. The quantitative estimate of drug-likeness (QED) is 0.854. The molecular weight excluding hydrogens is 216 g/mol. The minimum absolute atomic E-state index is 0.117. The van der Waals surface area contributed by atoms with Crippen LogP contribution in [-0.4, -0.2) is 35.7 Å². The Balaban J connectivity index is 2.16. The zero-order chi connectivity index (χ0) is 12.3. The van der Waals surface area contributed by atoms with E-state index in [4.69, 9.17) is 5.11 Å². The number of hydrogen-bond acceptors (Lipinski definition) is 3. The van der Waals surface area contributed by atoms with Crippen LogP contribution in [0.25, 0.3) is 0 Å². The summed E-state index contributed by atoms with van der Waals surface area (Å²) >= 11 is 0. The number of hydrogen-bond donors (Lipinski definition) is 1. The number of nitrogens with zero attached hydrogens (tertiary/aromatic N) is 2. The van der Waals surface area contributed by atoms with E-state index in [0.717, 1.165) is 12.2 Å². The monoisotopic (exact) mass is 234 g/mol. The van der Waals surface area contributed by atoms with Gasteiger partial charge in [-0.2, -0.15) is 0 Å². The zero-order valence-corrected chi connectivity index (χ0v) is 10.1. The van der Waals surface area contributed by atoms with Crippen LogP contribution in [-0.2, 0) is 4.79 Å². The summed E-state index contributed by atoms with van der Waals surface area (Å²) in [5.41, 5.74) is 2.23. The van der Waals surface area contributed by atoms with Gasteiger partial charge in [0.25, 0.3) is 0 Å². The number of amides is 1. The van der Waals surface area contributed by atoms with E-state index in [1.54, 1.807) is 5.01 Å². The summed E-state index contributed by atoms with van der Waals surface area (Å²) in [6, 6.07) is 8.12. The van der Waals surface area contributed by atoms with Gasteiger partial charge in [-0.3, -0.25) is 14.8 Å². The Morgan fingerprint density at radius 2 is 2.24 bits per heavy atom. The van der Waals surface area contributed by atoms with Crippen LogP contribution < -0.4 is 5.01 Å². The van der Waals surface area contributed by atoms with Crippen molar-refractivity contribution in [2.75, 3.05) is 24.7 Å². The van der Waals surface area contributed by atoms with E-state index in [0.29, 0.717) is 19.4 Å². The first-order chi connectivity index (χ1) is 8.22. The van der Waals surface area contributed by atoms with E-state index >= 15 is 0 Å². The van der Waals surface area contributed by atoms with Gasteiger partial charge >= 0.3 is 0 Å². The molecule has 0 saturated carbocycles. The molecule has 0 unspecified atom stereocenters. The van der Waals surface area contributed by atoms with Crippen molar-refractivity contribution < 1.29 is 9.90 Å². The molecular formula is C13H18N2O2. The lowest BCUT2D eigenvalue weighted by Gasteiger charge is -2.29. The average molecular weight is 234 g/mol. The molecule has 1 aromatic rings. The van der Waals surface area contributed by atoms with Gasteiger partial charge in [-0.25, -0.2) is 0 Å². The van der Waals surface area contributed by atoms with Crippen molar-refractivity contribution in [2.24, 2.45) is 0 Å². The Morgan fingerprint density at radius 1 is 1.41 bits per heavy atom. The first-order valence-electron chi connectivity index (χ1n) is 5.97. The third kappa shape index (κ3) is 2.58. The van der Waals surface area contributed by atoms with Crippen molar-refractivity contribution in [3.8, 4) is 0 Å². The van der Waals surface area contributed by atoms with E-state index in [1.165, 1.54) is 5.56 Å². The van der Waals surface area contributed by atoms with Crippen LogP contribution in [0.3, 0.4) is 0 Å². The summed E-state index contributed by atoms with van der Waals surface area (Å²) in [5, 5.41) is 12.6. The standard InChI is InChI=1S/C13H18N2O2/c1-11-4-2-5-12(10-11)14-8-6-13(17)15(14)7-3-9-16/h2,4-5,10,16H,3,6-9H2,1H3. The number of carbonyl (C=O) groups is 1. The lowest BCUT2D eigenvalue weighted by molar-refractivity contribution is -0.128. The van der Waals surface area contributed by atoms with Crippen molar-refractivity contribution in [3.63, 3.8) is 0 Å². The third-order valence-electron chi connectivity index (χ3n) is 2.94. The zero-order valence-electron chi connectivity index (χ0n) is 10.1. The fraction of sp³-hybridized carbons (Fsp3) is 0.462. The van der Waals surface area contributed by atoms with Crippen LogP contribution in [0, 0.1) is 6.92 Å². The molecule has 92 valence electrons. The number of aliphatic hydroxyl groups is 1. The lowest BCUT2D eigenvalue weighted by atomic mass is 10.2. The van der Waals surface area contributed by atoms with Gasteiger partial charge in [0, 0.05) is 26.1 Å². The number of rotatable bonds is 4. The molecule has 0 bridgehead atoms. The van der Waals surface area contributed by atoms with Gasteiger partial charge in [-0.1, -0.05) is 12.1 Å². The van der Waals surface area contributed by atoms with Crippen molar-refractivity contribution in [1.82, 2.24) is 5.01 Å². The van der Waals surface area contributed by atoms with Crippen LogP contribution in [0.4, 0.5) is 5.69 Å². The molecule has 17 heavy (non-hydrogen) atoms. The van der Waals surface area contributed by atoms with Crippen LogP contribution >= 0.6 is 0 Å². The van der Waals surface area contributed by atoms with Crippen molar-refractivity contribution >= 4 is 11.6 Å². The van der Waals surface area contributed by atoms with E-state index in [2.05, 4.69) is 6.07 Å². The maximum absolute atomic E-state index is 11.8. The molecule has 0 spiro atoms. The molecule has 1 saturated heterocycles. The highest BCUT2D eigenvalue weighted by Crippen LogP contribution is 2.23. The second-order valence-electron chi connectivity index (χ2n) is 4.31. The number of hydrazine groups is 1. The molecule has 1 aromatic carbocycles. The second kappa shape index (κ2) is 5.19. The first kappa shape index (κ1) is 11.9. The fourth-order valence-electron chi connectivity index (χ4n) is 2.11. The Kier molecular flexibility index (Phi) is 3.64. The number of carbonyl (C=O) groups excluding carboxylic acids is 1. The minimum Gasteiger partial charge on any atom is -0.396 e. The smallest absolute Gasteiger partial charge is 0.242 e. The highest BCUT2D eigenvalue weighted by molar-refractivity contribution is 5.81. The predicted molar refractivity (Wildman–Crippen MR) is 66.6 cm³/mol. The van der Waals surface area contributed by atoms with Crippen LogP contribution in [0.1, 0.15) is 18.4 Å². The van der Waals surface area contributed by atoms with Crippen molar-refractivity contribution in [1.29, 1.82) is 0 Å². The van der Waals surface area contributed by atoms with Crippen LogP contribution in [0.15, 0.2) is 24.3 Å². The number of anilines is 1. The summed E-state index contributed by atoms with van der Waals surface area (Å²) in [6.45, 7) is 3.47. The van der Waals surface area contributed by atoms with Gasteiger partial charge < -0.3 is 5.11 Å². The van der Waals surface area contributed by atoms with Gasteiger partial charge in [-0.05, 0) is 31.0 Å². The maximum atomic E-state index is 11.8. The average Bonchev–Trinajstić information content (AvgIpc) is 2.68. The lowest BCUT2D eigenvalue weighted by Crippen LogP contribution is -2.40. The fourth-order valence-corrected chi connectivity index (χ4v) is 2.11. The molecule has 1 N–H and O–H groups in total. The normalized spacial score (nSPS) is 15.8. The van der Waals surface area contributed by atoms with Gasteiger partial charge in [0.05, 0.1) is 5.69 Å². The van der Waals surface area contributed by atoms with Crippen molar-refractivity contribution in [2.45, 2.75) is 19.8 Å². The maximum Gasteiger partial charge on any atom is 0.242 e. The second-order valence-corrected chi connectivity index (χ2v) is 4.31. The molecule has 0 aromatic heterocycles. The third-order valence-corrected chi connectivity index (χ3v) is 2.94. The Morgan fingerprint density at radius 3 is 2.94 bits per heavy atom. The molecule has 1 heterocycles. The molecule has 2 rings (SSSR count). The molecule has 4 heteroatoms. The Labute approximate surface area is 101 Å². The Hall–Kier alpha value is -1.55. The highest BCUT2D eigenvalue weighted by atomic mass is 16.3. The summed E-state index contributed by atoms with van der Waals surface area (Å²) in [5.74, 6) is 0.139. The summed E-state index contributed by atoms with van der Waals surface area (Å²) in [6.07, 6.45) is 1.17. The summed E-state index contributed by atoms with van der Waals surface area (Å²) < 4.78 is 0. The molecule has 0 atom stereocenters. The van der Waals surface area contributed by atoms with Gasteiger partial charge in [0.15, 0.2) is 0 Å². The summed E-state index contributed by atoms with van der Waals surface area (Å²) in [7, 11) is 0. The number of aliphatic hydroxyl groups excluding tert-OH is 1. The van der Waals surface area contributed by atoms with E-state index in [1.807, 2.05) is 30.1 Å². The van der Waals surface area contributed by atoms with Gasteiger partial charge in [-0.15, -0.1) is 0 Å². The molecule has 1 fully saturated rings. The van der Waals surface area contributed by atoms with Gasteiger partial charge in [0.1, 0.15) is 0 Å². The summed E-state index contributed by atoms with van der Waals surface area (Å²) in [4.78, 5) is 11.8. The Bertz CT molecular complexity index is 406. The SMILES string of the molecule is Cc1cccc(N2CCC(=O)N2CCCO)c1. The minimum atomic E-state index is 0.117. The molecule has 1 aliphatic rings. The van der Waals surface area contributed by atoms with E-state index < -0.39 is 0 Å². The molecule has 1 aliphatic heterocycles.